The monoisotopic (exact) mass is 196 g/mol. The quantitative estimate of drug-likeness (QED) is 0.421. The van der Waals surface area contributed by atoms with Crippen molar-refractivity contribution in [1.82, 2.24) is 0 Å². The standard InChI is InChI=1S/C9H8O3S/c1-3-7(10)6-4-5-13-8(6)9(11)12-2/h3-5H,1H2,2H3. The molecule has 1 aromatic heterocycles. The summed E-state index contributed by atoms with van der Waals surface area (Å²) in [5, 5.41) is 1.67. The normalized spacial score (nSPS) is 9.31. The van der Waals surface area contributed by atoms with Crippen LogP contribution in [0.3, 0.4) is 0 Å². The van der Waals surface area contributed by atoms with Gasteiger partial charge in [0.05, 0.1) is 7.11 Å². The highest BCUT2D eigenvalue weighted by Crippen LogP contribution is 2.18. The zero-order chi connectivity index (χ0) is 9.84. The lowest BCUT2D eigenvalue weighted by atomic mass is 10.2. The maximum atomic E-state index is 11.2. The van der Waals surface area contributed by atoms with Crippen molar-refractivity contribution in [3.05, 3.63) is 34.5 Å². The van der Waals surface area contributed by atoms with Crippen LogP contribution in [0.25, 0.3) is 0 Å². The van der Waals surface area contributed by atoms with Crippen molar-refractivity contribution in [2.75, 3.05) is 7.11 Å². The van der Waals surface area contributed by atoms with Crippen LogP contribution in [0.4, 0.5) is 0 Å². The van der Waals surface area contributed by atoms with E-state index in [2.05, 4.69) is 11.3 Å². The van der Waals surface area contributed by atoms with Gasteiger partial charge in [-0.15, -0.1) is 11.3 Å². The molecule has 0 radical (unpaired) electrons. The van der Waals surface area contributed by atoms with E-state index in [9.17, 15) is 9.59 Å². The van der Waals surface area contributed by atoms with Gasteiger partial charge in [0, 0.05) is 5.56 Å². The number of rotatable bonds is 3. The molecule has 1 heterocycles. The number of hydrogen-bond donors (Lipinski definition) is 0. The van der Waals surface area contributed by atoms with Crippen molar-refractivity contribution in [2.45, 2.75) is 0 Å². The van der Waals surface area contributed by atoms with Crippen LogP contribution in [-0.2, 0) is 4.74 Å². The molecule has 0 N–H and O–H groups in total. The predicted octanol–water partition coefficient (Wildman–Crippen LogP) is 1.90. The molecule has 1 rings (SSSR count). The summed E-state index contributed by atoms with van der Waals surface area (Å²) in [6.45, 7) is 3.35. The largest absolute Gasteiger partial charge is 0.465 e. The van der Waals surface area contributed by atoms with Gasteiger partial charge in [-0.25, -0.2) is 4.79 Å². The van der Waals surface area contributed by atoms with Gasteiger partial charge < -0.3 is 4.74 Å². The average Bonchev–Trinajstić information content (AvgIpc) is 2.63. The van der Waals surface area contributed by atoms with Crippen molar-refractivity contribution >= 4 is 23.1 Å². The van der Waals surface area contributed by atoms with Crippen LogP contribution in [0.1, 0.15) is 20.0 Å². The Morgan fingerprint density at radius 1 is 1.62 bits per heavy atom. The lowest BCUT2D eigenvalue weighted by molar-refractivity contribution is 0.0603. The summed E-state index contributed by atoms with van der Waals surface area (Å²) in [5.74, 6) is -0.748. The first kappa shape index (κ1) is 9.67. The summed E-state index contributed by atoms with van der Waals surface area (Å²) in [7, 11) is 1.28. The molecule has 0 atom stereocenters. The molecule has 0 saturated carbocycles. The van der Waals surface area contributed by atoms with Gasteiger partial charge in [0.1, 0.15) is 4.88 Å². The Kier molecular flexibility index (Phi) is 2.97. The van der Waals surface area contributed by atoms with Crippen LogP contribution in [0, 0.1) is 0 Å². The molecule has 4 heteroatoms. The molecule has 68 valence electrons. The molecule has 0 aliphatic carbocycles. The molecule has 0 aliphatic rings. The summed E-state index contributed by atoms with van der Waals surface area (Å²) in [6, 6.07) is 1.58. The fourth-order valence-corrected chi connectivity index (χ4v) is 1.68. The second kappa shape index (κ2) is 4.00. The minimum absolute atomic E-state index is 0.262. The minimum atomic E-state index is -0.486. The van der Waals surface area contributed by atoms with Gasteiger partial charge in [-0.3, -0.25) is 4.79 Å². The number of hydrogen-bond acceptors (Lipinski definition) is 4. The Bertz CT molecular complexity index is 351. The van der Waals surface area contributed by atoms with Gasteiger partial charge >= 0.3 is 5.97 Å². The number of esters is 1. The van der Waals surface area contributed by atoms with Crippen LogP contribution < -0.4 is 0 Å². The van der Waals surface area contributed by atoms with Gasteiger partial charge in [0.2, 0.25) is 0 Å². The summed E-state index contributed by atoms with van der Waals surface area (Å²) < 4.78 is 4.51. The molecule has 0 bridgehead atoms. The Morgan fingerprint density at radius 2 is 2.31 bits per heavy atom. The highest BCUT2D eigenvalue weighted by molar-refractivity contribution is 7.12. The maximum absolute atomic E-state index is 11.2. The fraction of sp³-hybridized carbons (Fsp3) is 0.111. The molecule has 13 heavy (non-hydrogen) atoms. The first-order valence-corrected chi connectivity index (χ1v) is 4.41. The molecule has 0 amide bonds. The summed E-state index contributed by atoms with van der Waals surface area (Å²) in [5.41, 5.74) is 0.354. The second-order valence-corrected chi connectivity index (χ2v) is 3.14. The Hall–Kier alpha value is -1.42. The number of carbonyl (C=O) groups excluding carboxylic acids is 2. The lowest BCUT2D eigenvalue weighted by Crippen LogP contribution is -2.04. The topological polar surface area (TPSA) is 43.4 Å². The molecular formula is C9H8O3S. The van der Waals surface area contributed by atoms with Gasteiger partial charge in [-0.2, -0.15) is 0 Å². The minimum Gasteiger partial charge on any atom is -0.465 e. The van der Waals surface area contributed by atoms with Crippen LogP contribution in [0.5, 0.6) is 0 Å². The van der Waals surface area contributed by atoms with Crippen molar-refractivity contribution in [3.63, 3.8) is 0 Å². The predicted molar refractivity (Wildman–Crippen MR) is 50.2 cm³/mol. The zero-order valence-electron chi connectivity index (χ0n) is 7.07. The average molecular weight is 196 g/mol. The second-order valence-electron chi connectivity index (χ2n) is 2.22. The first-order valence-electron chi connectivity index (χ1n) is 3.53. The van der Waals surface area contributed by atoms with Crippen molar-refractivity contribution in [3.8, 4) is 0 Å². The number of ether oxygens (including phenoxy) is 1. The van der Waals surface area contributed by atoms with Crippen LogP contribution in [-0.4, -0.2) is 18.9 Å². The Balaban J connectivity index is 3.09. The van der Waals surface area contributed by atoms with Gasteiger partial charge in [0.15, 0.2) is 5.78 Å². The molecule has 0 aromatic carbocycles. The maximum Gasteiger partial charge on any atom is 0.348 e. The van der Waals surface area contributed by atoms with E-state index in [0.717, 1.165) is 0 Å². The molecule has 0 saturated heterocycles. The van der Waals surface area contributed by atoms with Crippen molar-refractivity contribution in [2.24, 2.45) is 0 Å². The SMILES string of the molecule is C=CC(=O)c1ccsc1C(=O)OC. The van der Waals surface area contributed by atoms with Gasteiger partial charge in [-0.05, 0) is 17.5 Å². The summed E-state index contributed by atoms with van der Waals surface area (Å²) in [4.78, 5) is 22.6. The Morgan fingerprint density at radius 3 is 2.85 bits per heavy atom. The van der Waals surface area contributed by atoms with Crippen LogP contribution >= 0.6 is 11.3 Å². The van der Waals surface area contributed by atoms with Gasteiger partial charge in [-0.1, -0.05) is 6.58 Å². The number of methoxy groups -OCH3 is 1. The third kappa shape index (κ3) is 1.84. The van der Waals surface area contributed by atoms with Crippen molar-refractivity contribution < 1.29 is 14.3 Å². The molecule has 0 spiro atoms. The van der Waals surface area contributed by atoms with E-state index in [1.807, 2.05) is 0 Å². The van der Waals surface area contributed by atoms with E-state index in [0.29, 0.717) is 10.4 Å². The number of carbonyl (C=O) groups is 2. The molecule has 0 fully saturated rings. The third-order valence-corrected chi connectivity index (χ3v) is 2.38. The smallest absolute Gasteiger partial charge is 0.348 e. The molecule has 0 aliphatic heterocycles. The fourth-order valence-electron chi connectivity index (χ4n) is 0.864. The van der Waals surface area contributed by atoms with Crippen LogP contribution in [0.2, 0.25) is 0 Å². The third-order valence-electron chi connectivity index (χ3n) is 1.49. The van der Waals surface area contributed by atoms with E-state index >= 15 is 0 Å². The van der Waals surface area contributed by atoms with E-state index in [4.69, 9.17) is 0 Å². The molecular weight excluding hydrogens is 188 g/mol. The Labute approximate surface area is 79.6 Å². The lowest BCUT2D eigenvalue weighted by Gasteiger charge is -1.97. The van der Waals surface area contributed by atoms with Gasteiger partial charge in [0.25, 0.3) is 0 Å². The van der Waals surface area contributed by atoms with Crippen molar-refractivity contribution in [1.29, 1.82) is 0 Å². The number of ketones is 1. The zero-order valence-corrected chi connectivity index (χ0v) is 7.89. The molecule has 0 unspecified atom stereocenters. The molecule has 3 nitrogen and oxygen atoms in total. The summed E-state index contributed by atoms with van der Waals surface area (Å²) >= 11 is 1.18. The van der Waals surface area contributed by atoms with E-state index in [1.165, 1.54) is 24.5 Å². The van der Waals surface area contributed by atoms with E-state index in [-0.39, 0.29) is 5.78 Å². The highest BCUT2D eigenvalue weighted by atomic mass is 32.1. The summed E-state index contributed by atoms with van der Waals surface area (Å²) in [6.07, 6.45) is 1.18. The highest BCUT2D eigenvalue weighted by Gasteiger charge is 2.16. The first-order chi connectivity index (χ1) is 6.20. The van der Waals surface area contributed by atoms with Crippen LogP contribution in [0.15, 0.2) is 24.1 Å². The number of thiophene rings is 1. The number of allylic oxidation sites excluding steroid dienone is 1. The molecule has 1 aromatic rings. The van der Waals surface area contributed by atoms with E-state index in [1.54, 1.807) is 11.4 Å². The van der Waals surface area contributed by atoms with E-state index < -0.39 is 5.97 Å².